The maximum absolute atomic E-state index is 13.1. The standard InChI is InChI=1S/C18H21N3O4/c1-10-8-13(20-25-10)21-9-18-7-6-12(24-18)14(15(18)17(21)23)16(22)19-11-4-2-3-5-11/h6-8,11-12,14-15H,2-5,9H2,1H3,(H,19,22)/t12-,14?,15?,18?/m1/s1. The zero-order valence-corrected chi connectivity index (χ0v) is 14.1. The summed E-state index contributed by atoms with van der Waals surface area (Å²) in [7, 11) is 0. The number of aryl methyl sites for hydroxylation is 1. The number of nitrogens with zero attached hydrogens (tertiary/aromatic N) is 2. The minimum absolute atomic E-state index is 0.0559. The molecule has 1 N–H and O–H groups in total. The lowest BCUT2D eigenvalue weighted by molar-refractivity contribution is -0.132. The van der Waals surface area contributed by atoms with Crippen molar-refractivity contribution in [3.8, 4) is 0 Å². The van der Waals surface area contributed by atoms with Gasteiger partial charge >= 0.3 is 0 Å². The van der Waals surface area contributed by atoms with Crippen molar-refractivity contribution < 1.29 is 18.8 Å². The smallest absolute Gasteiger partial charge is 0.235 e. The topological polar surface area (TPSA) is 84.7 Å². The van der Waals surface area contributed by atoms with Crippen LogP contribution in [0.1, 0.15) is 31.4 Å². The number of rotatable bonds is 3. The summed E-state index contributed by atoms with van der Waals surface area (Å²) in [5, 5.41) is 7.09. The molecule has 1 aromatic heterocycles. The molecule has 3 aliphatic heterocycles. The third kappa shape index (κ3) is 2.11. The van der Waals surface area contributed by atoms with Crippen molar-refractivity contribution in [3.63, 3.8) is 0 Å². The normalized spacial score (nSPS) is 36.4. The predicted molar refractivity (Wildman–Crippen MR) is 87.7 cm³/mol. The highest BCUT2D eigenvalue weighted by Crippen LogP contribution is 2.52. The van der Waals surface area contributed by atoms with Crippen LogP contribution in [-0.4, -0.2) is 41.3 Å². The van der Waals surface area contributed by atoms with E-state index in [0.29, 0.717) is 18.1 Å². The quantitative estimate of drug-likeness (QED) is 0.837. The Kier molecular flexibility index (Phi) is 3.13. The van der Waals surface area contributed by atoms with Gasteiger partial charge in [0.25, 0.3) is 0 Å². The van der Waals surface area contributed by atoms with Gasteiger partial charge in [-0.25, -0.2) is 0 Å². The molecule has 132 valence electrons. The van der Waals surface area contributed by atoms with E-state index in [0.717, 1.165) is 25.7 Å². The number of nitrogens with one attached hydrogen (secondary N) is 1. The summed E-state index contributed by atoms with van der Waals surface area (Å²) in [6.07, 6.45) is 7.92. The lowest BCUT2D eigenvalue weighted by Crippen LogP contribution is -2.46. The summed E-state index contributed by atoms with van der Waals surface area (Å²) in [4.78, 5) is 27.6. The number of hydrogen-bond acceptors (Lipinski definition) is 5. The van der Waals surface area contributed by atoms with E-state index in [1.165, 1.54) is 0 Å². The third-order valence-corrected chi connectivity index (χ3v) is 6.00. The molecule has 1 aliphatic carbocycles. The zero-order chi connectivity index (χ0) is 17.2. The van der Waals surface area contributed by atoms with E-state index >= 15 is 0 Å². The van der Waals surface area contributed by atoms with Crippen LogP contribution in [0.15, 0.2) is 22.7 Å². The summed E-state index contributed by atoms with van der Waals surface area (Å²) in [6.45, 7) is 2.17. The number of aromatic nitrogens is 1. The number of anilines is 1. The van der Waals surface area contributed by atoms with Gasteiger partial charge in [0.15, 0.2) is 5.82 Å². The van der Waals surface area contributed by atoms with E-state index in [9.17, 15) is 9.59 Å². The minimum Gasteiger partial charge on any atom is -0.360 e. The van der Waals surface area contributed by atoms with Gasteiger partial charge in [-0.3, -0.25) is 14.5 Å². The molecule has 5 rings (SSSR count). The second kappa shape index (κ2) is 5.17. The maximum Gasteiger partial charge on any atom is 0.235 e. The van der Waals surface area contributed by atoms with E-state index < -0.39 is 17.4 Å². The Balaban J connectivity index is 1.42. The SMILES string of the molecule is Cc1cc(N2CC34C=C[C@@H](O3)C(C(=O)NC3CCCC3)C4C2=O)no1. The van der Waals surface area contributed by atoms with E-state index in [1.54, 1.807) is 17.9 Å². The van der Waals surface area contributed by atoms with Crippen molar-refractivity contribution in [2.24, 2.45) is 11.8 Å². The molecule has 0 aromatic carbocycles. The van der Waals surface area contributed by atoms with Gasteiger partial charge in [-0.2, -0.15) is 0 Å². The van der Waals surface area contributed by atoms with Gasteiger partial charge in [-0.15, -0.1) is 0 Å². The van der Waals surface area contributed by atoms with Crippen LogP contribution in [0.25, 0.3) is 0 Å². The molecule has 4 aliphatic rings. The summed E-state index contributed by atoms with van der Waals surface area (Å²) >= 11 is 0. The van der Waals surface area contributed by atoms with Crippen LogP contribution < -0.4 is 10.2 Å². The number of carbonyl (C=O) groups is 2. The first-order valence-electron chi connectivity index (χ1n) is 9.00. The fourth-order valence-corrected chi connectivity index (χ4v) is 4.84. The Labute approximate surface area is 145 Å². The van der Waals surface area contributed by atoms with Gasteiger partial charge in [0.05, 0.1) is 24.5 Å². The number of hydrogen-bond donors (Lipinski definition) is 1. The molecule has 2 saturated heterocycles. The molecule has 2 amide bonds. The fraction of sp³-hybridized carbons (Fsp3) is 0.611. The monoisotopic (exact) mass is 343 g/mol. The van der Waals surface area contributed by atoms with Crippen LogP contribution in [0.4, 0.5) is 5.82 Å². The van der Waals surface area contributed by atoms with Crippen molar-refractivity contribution >= 4 is 17.6 Å². The van der Waals surface area contributed by atoms with Crippen molar-refractivity contribution in [1.29, 1.82) is 0 Å². The molecule has 1 saturated carbocycles. The van der Waals surface area contributed by atoms with Crippen molar-refractivity contribution in [2.75, 3.05) is 11.4 Å². The van der Waals surface area contributed by atoms with Gasteiger partial charge in [-0.05, 0) is 19.8 Å². The molecule has 0 radical (unpaired) electrons. The summed E-state index contributed by atoms with van der Waals surface area (Å²) < 4.78 is 11.2. The van der Waals surface area contributed by atoms with Crippen LogP contribution in [0.5, 0.6) is 0 Å². The number of carbonyl (C=O) groups excluding carboxylic acids is 2. The van der Waals surface area contributed by atoms with E-state index in [2.05, 4.69) is 10.5 Å². The fourth-order valence-electron chi connectivity index (χ4n) is 4.84. The summed E-state index contributed by atoms with van der Waals surface area (Å²) in [5.74, 6) is 0.0266. The molecule has 1 spiro atoms. The van der Waals surface area contributed by atoms with Crippen molar-refractivity contribution in [2.45, 2.75) is 50.4 Å². The molecular formula is C18H21N3O4. The van der Waals surface area contributed by atoms with E-state index in [4.69, 9.17) is 9.26 Å². The molecule has 25 heavy (non-hydrogen) atoms. The molecular weight excluding hydrogens is 322 g/mol. The minimum atomic E-state index is -0.716. The van der Waals surface area contributed by atoms with Gasteiger partial charge in [-0.1, -0.05) is 30.2 Å². The summed E-state index contributed by atoms with van der Waals surface area (Å²) in [6, 6.07) is 1.97. The van der Waals surface area contributed by atoms with Gasteiger partial charge in [0.1, 0.15) is 11.4 Å². The molecule has 7 heteroatoms. The predicted octanol–water partition coefficient (Wildman–Crippen LogP) is 1.33. The maximum atomic E-state index is 13.1. The van der Waals surface area contributed by atoms with Crippen LogP contribution in [-0.2, 0) is 14.3 Å². The molecule has 3 unspecified atom stereocenters. The first-order chi connectivity index (χ1) is 12.1. The highest BCUT2D eigenvalue weighted by atomic mass is 16.5. The highest BCUT2D eigenvalue weighted by Gasteiger charge is 2.67. The molecule has 4 atom stereocenters. The van der Waals surface area contributed by atoms with Crippen molar-refractivity contribution in [1.82, 2.24) is 10.5 Å². The number of fused-ring (bicyclic) bond motifs is 1. The lowest BCUT2D eigenvalue weighted by atomic mass is 9.76. The largest absolute Gasteiger partial charge is 0.360 e. The van der Waals surface area contributed by atoms with Gasteiger partial charge in [0, 0.05) is 12.1 Å². The Morgan fingerprint density at radius 2 is 2.20 bits per heavy atom. The van der Waals surface area contributed by atoms with E-state index in [1.807, 2.05) is 12.2 Å². The first-order valence-corrected chi connectivity index (χ1v) is 9.00. The average Bonchev–Trinajstić information content (AvgIpc) is 3.36. The molecule has 2 bridgehead atoms. The van der Waals surface area contributed by atoms with Crippen LogP contribution in [0.3, 0.4) is 0 Å². The van der Waals surface area contributed by atoms with Crippen molar-refractivity contribution in [3.05, 3.63) is 24.0 Å². The Morgan fingerprint density at radius 1 is 1.40 bits per heavy atom. The van der Waals surface area contributed by atoms with Gasteiger partial charge < -0.3 is 14.6 Å². The van der Waals surface area contributed by atoms with Crippen LogP contribution >= 0.6 is 0 Å². The molecule has 1 aromatic rings. The Bertz CT molecular complexity index is 766. The lowest BCUT2D eigenvalue weighted by Gasteiger charge is -2.24. The second-order valence-electron chi connectivity index (χ2n) is 7.61. The molecule has 4 heterocycles. The Hall–Kier alpha value is -2.15. The van der Waals surface area contributed by atoms with Crippen LogP contribution in [0.2, 0.25) is 0 Å². The summed E-state index contributed by atoms with van der Waals surface area (Å²) in [5.41, 5.74) is -0.716. The van der Waals surface area contributed by atoms with E-state index in [-0.39, 0.29) is 24.0 Å². The first kappa shape index (κ1) is 15.1. The molecule has 7 nitrogen and oxygen atoms in total. The average molecular weight is 343 g/mol. The van der Waals surface area contributed by atoms with Gasteiger partial charge in [0.2, 0.25) is 11.8 Å². The third-order valence-electron chi connectivity index (χ3n) is 6.00. The second-order valence-corrected chi connectivity index (χ2v) is 7.61. The molecule has 3 fully saturated rings. The highest BCUT2D eigenvalue weighted by molar-refractivity contribution is 6.02. The van der Waals surface area contributed by atoms with Crippen LogP contribution in [0, 0.1) is 18.8 Å². The number of ether oxygens (including phenoxy) is 1. The Morgan fingerprint density at radius 3 is 2.92 bits per heavy atom. The number of amides is 2. The zero-order valence-electron chi connectivity index (χ0n) is 14.1.